The second-order valence-electron chi connectivity index (χ2n) is 7.90. The molecule has 0 aliphatic carbocycles. The zero-order valence-corrected chi connectivity index (χ0v) is 17.4. The third-order valence-electron chi connectivity index (χ3n) is 4.72. The van der Waals surface area contributed by atoms with Crippen LogP contribution in [0.3, 0.4) is 0 Å². The molecule has 0 amide bonds. The third-order valence-corrected chi connectivity index (χ3v) is 9.20. The van der Waals surface area contributed by atoms with E-state index in [-0.39, 0.29) is 11.1 Å². The van der Waals surface area contributed by atoms with Crippen molar-refractivity contribution in [3.63, 3.8) is 0 Å². The van der Waals surface area contributed by atoms with Crippen molar-refractivity contribution in [1.29, 1.82) is 0 Å². The highest BCUT2D eigenvalue weighted by atomic mass is 28.4. The van der Waals surface area contributed by atoms with Crippen molar-refractivity contribution in [2.75, 3.05) is 0 Å². The first-order valence-corrected chi connectivity index (χ1v) is 12.1. The van der Waals surface area contributed by atoms with E-state index >= 15 is 0 Å². The van der Waals surface area contributed by atoms with Crippen LogP contribution in [-0.4, -0.2) is 14.4 Å². The minimum absolute atomic E-state index is 0.0536. The van der Waals surface area contributed by atoms with Crippen LogP contribution >= 0.6 is 0 Å². The van der Waals surface area contributed by atoms with Crippen LogP contribution in [-0.2, 0) is 4.43 Å². The van der Waals surface area contributed by atoms with Crippen molar-refractivity contribution >= 4 is 14.4 Å². The fraction of sp³-hybridized carbons (Fsp3) is 0.545. The number of hydrogen-bond donors (Lipinski definition) is 0. The van der Waals surface area contributed by atoms with Gasteiger partial charge in [-0.25, -0.2) is 0 Å². The molecule has 0 aromatic heterocycles. The Hall–Kier alpha value is -1.30. The largest absolute Gasteiger partial charge is 0.403 e. The zero-order valence-electron chi connectivity index (χ0n) is 16.4. The van der Waals surface area contributed by atoms with Crippen molar-refractivity contribution < 1.29 is 4.43 Å². The molecule has 132 valence electrons. The Morgan fingerprint density at radius 3 is 2.38 bits per heavy atom. The molecule has 0 fully saturated rings. The molecule has 0 aliphatic rings. The van der Waals surface area contributed by atoms with Gasteiger partial charge in [0.2, 0.25) is 0 Å². The van der Waals surface area contributed by atoms with E-state index in [1.807, 2.05) is 24.3 Å². The summed E-state index contributed by atoms with van der Waals surface area (Å²) in [6.07, 6.45) is 8.75. The SMILES string of the molecule is CCCCCC(C#C/C=C/c1ccccc1)O[Si](C)(C)C(C)(C)C. The molecule has 0 spiro atoms. The normalized spacial score (nSPS) is 13.6. The molecule has 1 rings (SSSR count). The summed E-state index contributed by atoms with van der Waals surface area (Å²) in [6.45, 7) is 13.7. The van der Waals surface area contributed by atoms with Crippen LogP contribution in [0.5, 0.6) is 0 Å². The van der Waals surface area contributed by atoms with Gasteiger partial charge < -0.3 is 4.43 Å². The summed E-state index contributed by atoms with van der Waals surface area (Å²) in [7, 11) is -1.78. The quantitative estimate of drug-likeness (QED) is 0.305. The molecule has 0 bridgehead atoms. The molecule has 0 radical (unpaired) electrons. The van der Waals surface area contributed by atoms with Crippen molar-refractivity contribution in [2.45, 2.75) is 77.6 Å². The molecule has 1 atom stereocenters. The molecular formula is C22H34OSi. The van der Waals surface area contributed by atoms with E-state index < -0.39 is 8.32 Å². The van der Waals surface area contributed by atoms with Gasteiger partial charge in [-0.15, -0.1) is 0 Å². The molecule has 0 saturated heterocycles. The minimum Gasteiger partial charge on any atom is -0.403 e. The Morgan fingerprint density at radius 2 is 1.79 bits per heavy atom. The summed E-state index contributed by atoms with van der Waals surface area (Å²) in [4.78, 5) is 0. The Labute approximate surface area is 150 Å². The highest BCUT2D eigenvalue weighted by Crippen LogP contribution is 2.37. The van der Waals surface area contributed by atoms with Crippen LogP contribution in [0.2, 0.25) is 18.1 Å². The van der Waals surface area contributed by atoms with Gasteiger partial charge in [-0.1, -0.05) is 82.7 Å². The van der Waals surface area contributed by atoms with Gasteiger partial charge >= 0.3 is 0 Å². The Kier molecular flexibility index (Phi) is 8.52. The molecule has 0 heterocycles. The maximum absolute atomic E-state index is 6.53. The maximum atomic E-state index is 6.53. The molecule has 1 unspecified atom stereocenters. The molecule has 1 aromatic carbocycles. The molecule has 0 aliphatic heterocycles. The van der Waals surface area contributed by atoms with Gasteiger partial charge in [-0.2, -0.15) is 0 Å². The van der Waals surface area contributed by atoms with E-state index in [4.69, 9.17) is 4.43 Å². The lowest BCUT2D eigenvalue weighted by molar-refractivity contribution is 0.219. The van der Waals surface area contributed by atoms with Gasteiger partial charge in [-0.3, -0.25) is 0 Å². The topological polar surface area (TPSA) is 9.23 Å². The summed E-state index contributed by atoms with van der Waals surface area (Å²) >= 11 is 0. The maximum Gasteiger partial charge on any atom is 0.193 e. The van der Waals surface area contributed by atoms with E-state index in [0.29, 0.717) is 0 Å². The van der Waals surface area contributed by atoms with Crippen LogP contribution in [0.4, 0.5) is 0 Å². The van der Waals surface area contributed by atoms with Crippen molar-refractivity contribution in [2.24, 2.45) is 0 Å². The number of allylic oxidation sites excluding steroid dienone is 1. The van der Waals surface area contributed by atoms with E-state index in [0.717, 1.165) is 6.42 Å². The smallest absolute Gasteiger partial charge is 0.193 e. The fourth-order valence-electron chi connectivity index (χ4n) is 2.12. The second-order valence-corrected chi connectivity index (χ2v) is 12.7. The number of rotatable bonds is 7. The first-order chi connectivity index (χ1) is 11.3. The Bertz CT molecular complexity index is 555. The predicted octanol–water partition coefficient (Wildman–Crippen LogP) is 6.67. The standard InChI is InChI=1S/C22H34OSi/c1-7-8-10-18-21(23-24(5,6)22(2,3)4)19-14-13-17-20-15-11-9-12-16-20/h9,11-13,15-17,21H,7-8,10,18H2,1-6H3/b17-13+. The zero-order chi connectivity index (χ0) is 18.1. The highest BCUT2D eigenvalue weighted by Gasteiger charge is 2.38. The van der Waals surface area contributed by atoms with Crippen LogP contribution in [0, 0.1) is 11.8 Å². The number of benzene rings is 1. The Morgan fingerprint density at radius 1 is 1.12 bits per heavy atom. The summed E-state index contributed by atoms with van der Waals surface area (Å²) in [5, 5.41) is 0.220. The van der Waals surface area contributed by atoms with Crippen molar-refractivity contribution in [3.05, 3.63) is 42.0 Å². The molecule has 0 saturated carbocycles. The lowest BCUT2D eigenvalue weighted by Crippen LogP contribution is -2.43. The highest BCUT2D eigenvalue weighted by molar-refractivity contribution is 6.74. The fourth-order valence-corrected chi connectivity index (χ4v) is 3.36. The summed E-state index contributed by atoms with van der Waals surface area (Å²) in [5.74, 6) is 6.55. The lowest BCUT2D eigenvalue weighted by atomic mass is 10.1. The van der Waals surface area contributed by atoms with Gasteiger partial charge in [0, 0.05) is 0 Å². The van der Waals surface area contributed by atoms with Crippen LogP contribution in [0.25, 0.3) is 6.08 Å². The Balaban J connectivity index is 2.76. The predicted molar refractivity (Wildman–Crippen MR) is 109 cm³/mol. The van der Waals surface area contributed by atoms with Crippen molar-refractivity contribution in [3.8, 4) is 11.8 Å². The molecule has 2 heteroatoms. The lowest BCUT2D eigenvalue weighted by Gasteiger charge is -2.38. The van der Waals surface area contributed by atoms with Crippen LogP contribution in [0.15, 0.2) is 36.4 Å². The van der Waals surface area contributed by atoms with Crippen LogP contribution < -0.4 is 0 Å². The first-order valence-electron chi connectivity index (χ1n) is 9.17. The van der Waals surface area contributed by atoms with Gasteiger partial charge in [0.15, 0.2) is 8.32 Å². The third kappa shape index (κ3) is 7.51. The summed E-state index contributed by atoms with van der Waals surface area (Å²) in [6, 6.07) is 10.3. The minimum atomic E-state index is -1.78. The van der Waals surface area contributed by atoms with E-state index in [1.54, 1.807) is 0 Å². The van der Waals surface area contributed by atoms with Crippen molar-refractivity contribution in [1.82, 2.24) is 0 Å². The molecule has 1 nitrogen and oxygen atoms in total. The van der Waals surface area contributed by atoms with E-state index in [9.17, 15) is 0 Å². The first kappa shape index (κ1) is 20.7. The van der Waals surface area contributed by atoms with Gasteiger partial charge in [0.25, 0.3) is 0 Å². The monoisotopic (exact) mass is 342 g/mol. The van der Waals surface area contributed by atoms with Gasteiger partial charge in [0.05, 0.1) is 0 Å². The average molecular weight is 343 g/mol. The van der Waals surface area contributed by atoms with E-state index in [2.05, 4.69) is 70.8 Å². The summed E-state index contributed by atoms with van der Waals surface area (Å²) in [5.41, 5.74) is 1.18. The second kappa shape index (κ2) is 9.86. The average Bonchev–Trinajstić information content (AvgIpc) is 2.51. The van der Waals surface area contributed by atoms with Crippen LogP contribution in [0.1, 0.15) is 58.9 Å². The van der Waals surface area contributed by atoms with E-state index in [1.165, 1.54) is 24.8 Å². The summed E-state index contributed by atoms with van der Waals surface area (Å²) < 4.78 is 6.53. The number of unbranched alkanes of at least 4 members (excludes halogenated alkanes) is 2. The number of hydrogen-bond acceptors (Lipinski definition) is 1. The molecule has 1 aromatic rings. The molecular weight excluding hydrogens is 308 g/mol. The molecule has 24 heavy (non-hydrogen) atoms. The molecule has 0 N–H and O–H groups in total. The van der Waals surface area contributed by atoms with Gasteiger partial charge in [-0.05, 0) is 48.7 Å². The van der Waals surface area contributed by atoms with Gasteiger partial charge in [0.1, 0.15) is 6.10 Å².